The molecule has 0 saturated carbocycles. The number of carbonyl (C=O) groups is 2. The minimum Gasteiger partial charge on any atom is -0.365 e. The molecule has 0 atom stereocenters. The number of H-pyrrole nitrogens is 1. The highest BCUT2D eigenvalue weighted by Crippen LogP contribution is 2.30. The van der Waals surface area contributed by atoms with Gasteiger partial charge in [0.2, 0.25) is 0 Å². The lowest BCUT2D eigenvalue weighted by molar-refractivity contribution is 0.100. The molecule has 0 spiro atoms. The molecule has 6 N–H and O–H groups in total. The fraction of sp³-hybridized carbons (Fsp3) is 0.0909. The predicted molar refractivity (Wildman–Crippen MR) is 70.6 cm³/mol. The summed E-state index contributed by atoms with van der Waals surface area (Å²) in [7, 11) is 0. The summed E-state index contributed by atoms with van der Waals surface area (Å²) in [6, 6.07) is 2.76. The quantitative estimate of drug-likeness (QED) is 0.675. The predicted octanol–water partition coefficient (Wildman–Crippen LogP) is 1.64. The molecular formula is C11H12N4O2S. The van der Waals surface area contributed by atoms with Gasteiger partial charge in [0.1, 0.15) is 5.82 Å². The summed E-state index contributed by atoms with van der Waals surface area (Å²) in [4.78, 5) is 26.2. The van der Waals surface area contributed by atoms with Crippen molar-refractivity contribution >= 4 is 29.1 Å². The van der Waals surface area contributed by atoms with Crippen molar-refractivity contribution in [2.75, 3.05) is 5.32 Å². The Morgan fingerprint density at radius 1 is 1.39 bits per heavy atom. The lowest BCUT2D eigenvalue weighted by Gasteiger charge is -2.00. The second-order valence-electron chi connectivity index (χ2n) is 3.72. The number of nitrogens with two attached hydrogens (primary N) is 2. The number of amides is 3. The molecule has 2 aromatic rings. The number of hydrogen-bond acceptors (Lipinski definition) is 3. The maximum atomic E-state index is 11.3. The number of hydrogen-bond donors (Lipinski definition) is 4. The van der Waals surface area contributed by atoms with E-state index < -0.39 is 11.9 Å². The van der Waals surface area contributed by atoms with Crippen LogP contribution < -0.4 is 16.8 Å². The number of anilines is 1. The molecule has 2 aromatic heterocycles. The van der Waals surface area contributed by atoms with Crippen LogP contribution >= 0.6 is 11.3 Å². The standard InChI is InChI=1S/C11H12N4O2S/c1-5-6(2-3-18-5)8-4-7(9(12)16)10(14-8)15-11(13)17/h2-4,14H,1H3,(H2,12,16)(H3,13,15,17). The average Bonchev–Trinajstić information content (AvgIpc) is 2.83. The third-order valence-electron chi connectivity index (χ3n) is 2.48. The first kappa shape index (κ1) is 12.2. The maximum Gasteiger partial charge on any atom is 0.317 e. The number of aryl methyl sites for hydroxylation is 1. The first-order valence-corrected chi connectivity index (χ1v) is 6.00. The monoisotopic (exact) mass is 264 g/mol. The number of primary amides is 2. The molecule has 0 aliphatic rings. The first-order valence-electron chi connectivity index (χ1n) is 5.12. The Balaban J connectivity index is 2.49. The number of thiophene rings is 1. The first-order chi connectivity index (χ1) is 8.49. The van der Waals surface area contributed by atoms with E-state index in [-0.39, 0.29) is 11.4 Å². The van der Waals surface area contributed by atoms with Gasteiger partial charge in [-0.1, -0.05) is 0 Å². The van der Waals surface area contributed by atoms with Gasteiger partial charge in [0, 0.05) is 16.1 Å². The highest BCUT2D eigenvalue weighted by atomic mass is 32.1. The zero-order valence-electron chi connectivity index (χ0n) is 9.61. The third kappa shape index (κ3) is 2.21. The van der Waals surface area contributed by atoms with Crippen LogP contribution in [0.2, 0.25) is 0 Å². The van der Waals surface area contributed by atoms with Crippen molar-refractivity contribution in [1.82, 2.24) is 4.98 Å². The van der Waals surface area contributed by atoms with Gasteiger partial charge in [-0.3, -0.25) is 10.1 Å². The molecule has 6 nitrogen and oxygen atoms in total. The van der Waals surface area contributed by atoms with Crippen LogP contribution in [-0.4, -0.2) is 16.9 Å². The SMILES string of the molecule is Cc1sccc1-c1cc(C(N)=O)c(NC(N)=O)[nH]1. The van der Waals surface area contributed by atoms with E-state index in [4.69, 9.17) is 11.5 Å². The van der Waals surface area contributed by atoms with Crippen molar-refractivity contribution in [2.45, 2.75) is 6.92 Å². The van der Waals surface area contributed by atoms with Crippen LogP contribution in [0.4, 0.5) is 10.6 Å². The highest BCUT2D eigenvalue weighted by molar-refractivity contribution is 7.10. The Morgan fingerprint density at radius 3 is 2.61 bits per heavy atom. The van der Waals surface area contributed by atoms with Gasteiger partial charge in [0.05, 0.1) is 5.56 Å². The average molecular weight is 264 g/mol. The zero-order chi connectivity index (χ0) is 13.3. The molecule has 3 amide bonds. The van der Waals surface area contributed by atoms with Gasteiger partial charge in [0.25, 0.3) is 5.91 Å². The Hall–Kier alpha value is -2.28. The van der Waals surface area contributed by atoms with Crippen molar-refractivity contribution in [1.29, 1.82) is 0 Å². The summed E-state index contributed by atoms with van der Waals surface area (Å²) in [6.07, 6.45) is 0. The summed E-state index contributed by atoms with van der Waals surface area (Å²) in [5, 5.41) is 4.28. The van der Waals surface area contributed by atoms with E-state index in [2.05, 4.69) is 10.3 Å². The minimum atomic E-state index is -0.757. The molecule has 0 aliphatic heterocycles. The van der Waals surface area contributed by atoms with Crippen molar-refractivity contribution < 1.29 is 9.59 Å². The fourth-order valence-corrected chi connectivity index (χ4v) is 2.39. The van der Waals surface area contributed by atoms with Gasteiger partial charge in [-0.15, -0.1) is 11.3 Å². The van der Waals surface area contributed by atoms with E-state index in [1.165, 1.54) is 0 Å². The topological polar surface area (TPSA) is 114 Å². The second kappa shape index (κ2) is 4.53. The molecule has 0 aliphatic carbocycles. The third-order valence-corrected chi connectivity index (χ3v) is 3.33. The summed E-state index contributed by atoms with van der Waals surface area (Å²) >= 11 is 1.59. The maximum absolute atomic E-state index is 11.3. The molecule has 0 bridgehead atoms. The van der Waals surface area contributed by atoms with Gasteiger partial charge in [-0.25, -0.2) is 4.79 Å². The van der Waals surface area contributed by atoms with Crippen molar-refractivity contribution in [3.8, 4) is 11.3 Å². The van der Waals surface area contributed by atoms with Crippen LogP contribution in [0.15, 0.2) is 17.5 Å². The number of urea groups is 1. The van der Waals surface area contributed by atoms with Crippen molar-refractivity contribution in [3.63, 3.8) is 0 Å². The number of aromatic nitrogens is 1. The summed E-state index contributed by atoms with van der Waals surface area (Å²) in [5.41, 5.74) is 12.2. The minimum absolute atomic E-state index is 0.203. The second-order valence-corrected chi connectivity index (χ2v) is 4.84. The van der Waals surface area contributed by atoms with Gasteiger partial charge in [0.15, 0.2) is 0 Å². The van der Waals surface area contributed by atoms with Crippen molar-refractivity contribution in [2.24, 2.45) is 11.5 Å². The number of aromatic amines is 1. The molecule has 0 aromatic carbocycles. The van der Waals surface area contributed by atoms with E-state index in [1.54, 1.807) is 17.4 Å². The number of nitrogens with one attached hydrogen (secondary N) is 2. The van der Waals surface area contributed by atoms with Crippen LogP contribution in [0, 0.1) is 6.92 Å². The highest BCUT2D eigenvalue weighted by Gasteiger charge is 2.16. The van der Waals surface area contributed by atoms with Gasteiger partial charge in [-0.05, 0) is 24.4 Å². The van der Waals surface area contributed by atoms with Crippen LogP contribution in [0.25, 0.3) is 11.3 Å². The van der Waals surface area contributed by atoms with Crippen LogP contribution in [0.1, 0.15) is 15.2 Å². The lowest BCUT2D eigenvalue weighted by Crippen LogP contribution is -2.22. The normalized spacial score (nSPS) is 10.3. The Morgan fingerprint density at radius 2 is 2.11 bits per heavy atom. The van der Waals surface area contributed by atoms with Gasteiger partial charge in [-0.2, -0.15) is 0 Å². The van der Waals surface area contributed by atoms with E-state index in [9.17, 15) is 9.59 Å². The van der Waals surface area contributed by atoms with Gasteiger partial charge >= 0.3 is 6.03 Å². The molecule has 0 unspecified atom stereocenters. The molecule has 0 fully saturated rings. The molecule has 2 rings (SSSR count). The molecule has 2 heterocycles. The molecular weight excluding hydrogens is 252 g/mol. The molecule has 94 valence electrons. The zero-order valence-corrected chi connectivity index (χ0v) is 10.4. The van der Waals surface area contributed by atoms with Crippen molar-refractivity contribution in [3.05, 3.63) is 28.0 Å². The fourth-order valence-electron chi connectivity index (χ4n) is 1.68. The van der Waals surface area contributed by atoms with E-state index >= 15 is 0 Å². The molecule has 0 saturated heterocycles. The Kier molecular flexibility index (Phi) is 3.07. The largest absolute Gasteiger partial charge is 0.365 e. The van der Waals surface area contributed by atoms with Crippen LogP contribution in [-0.2, 0) is 0 Å². The summed E-state index contributed by atoms with van der Waals surface area (Å²) in [5.74, 6) is -0.412. The van der Waals surface area contributed by atoms with Gasteiger partial charge < -0.3 is 16.5 Å². The summed E-state index contributed by atoms with van der Waals surface area (Å²) in [6.45, 7) is 1.96. The van der Waals surface area contributed by atoms with E-state index in [1.807, 2.05) is 18.4 Å². The van der Waals surface area contributed by atoms with Crippen LogP contribution in [0.3, 0.4) is 0 Å². The number of carbonyl (C=O) groups excluding carboxylic acids is 2. The molecule has 18 heavy (non-hydrogen) atoms. The number of rotatable bonds is 3. The van der Waals surface area contributed by atoms with E-state index in [0.29, 0.717) is 5.69 Å². The lowest BCUT2D eigenvalue weighted by atomic mass is 10.2. The Labute approximate surface area is 107 Å². The molecule has 7 heteroatoms. The van der Waals surface area contributed by atoms with Crippen LogP contribution in [0.5, 0.6) is 0 Å². The smallest absolute Gasteiger partial charge is 0.317 e. The Bertz CT molecular complexity index is 614. The molecule has 0 radical (unpaired) electrons. The van der Waals surface area contributed by atoms with E-state index in [0.717, 1.165) is 10.4 Å². The summed E-state index contributed by atoms with van der Waals surface area (Å²) < 4.78 is 0.